The largest absolute Gasteiger partial charge is 0.496 e. The Balaban J connectivity index is 0.00000324. The van der Waals surface area contributed by atoms with Crippen LogP contribution in [0.4, 0.5) is 0 Å². The van der Waals surface area contributed by atoms with E-state index < -0.39 is 0 Å². The zero-order valence-corrected chi connectivity index (χ0v) is 12.3. The number of halogens is 1. The first kappa shape index (κ1) is 17.8. The van der Waals surface area contributed by atoms with E-state index in [0.717, 1.165) is 5.56 Å². The first-order valence-electron chi connectivity index (χ1n) is 5.84. The van der Waals surface area contributed by atoms with E-state index in [1.807, 2.05) is 0 Å². The Kier molecular flexibility index (Phi) is 8.30. The first-order valence-corrected chi connectivity index (χ1v) is 5.84. The summed E-state index contributed by atoms with van der Waals surface area (Å²) < 4.78 is 15.8. The molecular formula is C13H22ClNO4. The quantitative estimate of drug-likeness (QED) is 0.803. The number of nitrogens with two attached hydrogens (primary N) is 1. The van der Waals surface area contributed by atoms with Crippen molar-refractivity contribution in [3.05, 3.63) is 17.7 Å². The molecule has 0 aliphatic carbocycles. The second-order valence-corrected chi connectivity index (χ2v) is 3.92. The van der Waals surface area contributed by atoms with Gasteiger partial charge in [-0.3, -0.25) is 0 Å². The van der Waals surface area contributed by atoms with Crippen molar-refractivity contribution in [2.24, 2.45) is 5.73 Å². The van der Waals surface area contributed by atoms with E-state index in [1.54, 1.807) is 33.5 Å². The summed E-state index contributed by atoms with van der Waals surface area (Å²) in [7, 11) is 4.74. The first-order chi connectivity index (χ1) is 8.67. The van der Waals surface area contributed by atoms with Gasteiger partial charge in [0, 0.05) is 24.8 Å². The van der Waals surface area contributed by atoms with Crippen molar-refractivity contribution in [3.63, 3.8) is 0 Å². The third-order valence-corrected chi connectivity index (χ3v) is 2.80. The van der Waals surface area contributed by atoms with Crippen LogP contribution in [-0.4, -0.2) is 33.0 Å². The summed E-state index contributed by atoms with van der Waals surface area (Å²) in [6, 6.07) is 3.31. The van der Waals surface area contributed by atoms with E-state index in [1.165, 1.54) is 0 Å². The van der Waals surface area contributed by atoms with Gasteiger partial charge in [-0.25, -0.2) is 0 Å². The molecule has 0 saturated heterocycles. The Labute approximate surface area is 120 Å². The summed E-state index contributed by atoms with van der Waals surface area (Å²) in [5.74, 6) is 1.93. The van der Waals surface area contributed by atoms with Crippen LogP contribution in [0.3, 0.4) is 0 Å². The van der Waals surface area contributed by atoms with Gasteiger partial charge in [-0.15, -0.1) is 12.4 Å². The van der Waals surface area contributed by atoms with Crippen LogP contribution in [0.1, 0.15) is 24.4 Å². The van der Waals surface area contributed by atoms with Gasteiger partial charge < -0.3 is 25.1 Å². The van der Waals surface area contributed by atoms with Crippen molar-refractivity contribution in [2.45, 2.75) is 18.9 Å². The number of benzene rings is 1. The van der Waals surface area contributed by atoms with Crippen LogP contribution in [0.15, 0.2) is 12.1 Å². The number of rotatable bonds is 7. The molecule has 0 amide bonds. The predicted octanol–water partition coefficient (Wildman–Crippen LogP) is 1.91. The van der Waals surface area contributed by atoms with Gasteiger partial charge in [0.1, 0.15) is 17.2 Å². The van der Waals surface area contributed by atoms with Gasteiger partial charge in [-0.2, -0.15) is 0 Å². The molecule has 0 saturated carbocycles. The minimum absolute atomic E-state index is 0. The molecule has 0 aliphatic heterocycles. The molecule has 0 radical (unpaired) electrons. The van der Waals surface area contributed by atoms with E-state index in [0.29, 0.717) is 30.1 Å². The fraction of sp³-hybridized carbons (Fsp3) is 0.538. The highest BCUT2D eigenvalue weighted by Gasteiger charge is 2.19. The van der Waals surface area contributed by atoms with E-state index in [2.05, 4.69) is 0 Å². The molecule has 19 heavy (non-hydrogen) atoms. The molecule has 1 aromatic carbocycles. The molecule has 0 aromatic heterocycles. The predicted molar refractivity (Wildman–Crippen MR) is 76.6 cm³/mol. The molecule has 1 aromatic rings. The van der Waals surface area contributed by atoms with E-state index in [4.69, 9.17) is 25.1 Å². The molecule has 1 rings (SSSR count). The van der Waals surface area contributed by atoms with Crippen molar-refractivity contribution in [3.8, 4) is 17.2 Å². The van der Waals surface area contributed by atoms with E-state index in [-0.39, 0.29) is 25.1 Å². The number of hydrogen-bond donors (Lipinski definition) is 2. The Morgan fingerprint density at radius 3 is 2.00 bits per heavy atom. The van der Waals surface area contributed by atoms with Crippen LogP contribution in [0.25, 0.3) is 0 Å². The number of hydrogen-bond acceptors (Lipinski definition) is 5. The zero-order chi connectivity index (χ0) is 13.5. The molecule has 0 unspecified atom stereocenters. The zero-order valence-electron chi connectivity index (χ0n) is 11.5. The summed E-state index contributed by atoms with van der Waals surface area (Å²) in [6.45, 7) is 0.120. The molecule has 0 heterocycles. The van der Waals surface area contributed by atoms with Gasteiger partial charge in [0.25, 0.3) is 0 Å². The van der Waals surface area contributed by atoms with Gasteiger partial charge in [-0.1, -0.05) is 0 Å². The topological polar surface area (TPSA) is 73.9 Å². The highest BCUT2D eigenvalue weighted by molar-refractivity contribution is 5.85. The maximum atomic E-state index is 8.86. The number of ether oxygens (including phenoxy) is 3. The second kappa shape index (κ2) is 8.85. The van der Waals surface area contributed by atoms with Crippen molar-refractivity contribution < 1.29 is 19.3 Å². The standard InChI is InChI=1S/C13H21NO4.ClH/c1-16-9-7-11(17-2)13(12(8-9)18-3)10(14)5-4-6-15;/h7-8,10,15H,4-6,14H2,1-3H3;1H/t10-;/m1./s1. The molecule has 3 N–H and O–H groups in total. The van der Waals surface area contributed by atoms with E-state index in [9.17, 15) is 0 Å². The third kappa shape index (κ3) is 4.45. The average molecular weight is 292 g/mol. The van der Waals surface area contributed by atoms with Crippen LogP contribution < -0.4 is 19.9 Å². The fourth-order valence-electron chi connectivity index (χ4n) is 1.85. The molecule has 0 aliphatic rings. The van der Waals surface area contributed by atoms with Crippen LogP contribution in [-0.2, 0) is 0 Å². The van der Waals surface area contributed by atoms with Gasteiger partial charge >= 0.3 is 0 Å². The summed E-state index contributed by atoms with van der Waals surface area (Å²) >= 11 is 0. The summed E-state index contributed by atoms with van der Waals surface area (Å²) in [4.78, 5) is 0. The molecule has 6 heteroatoms. The van der Waals surface area contributed by atoms with Gasteiger partial charge in [-0.05, 0) is 12.8 Å². The lowest BCUT2D eigenvalue weighted by Gasteiger charge is -2.19. The maximum Gasteiger partial charge on any atom is 0.131 e. The van der Waals surface area contributed by atoms with Crippen LogP contribution in [0, 0.1) is 0 Å². The van der Waals surface area contributed by atoms with Gasteiger partial charge in [0.2, 0.25) is 0 Å². The Morgan fingerprint density at radius 1 is 1.11 bits per heavy atom. The molecule has 0 bridgehead atoms. The van der Waals surface area contributed by atoms with Crippen LogP contribution >= 0.6 is 12.4 Å². The monoisotopic (exact) mass is 291 g/mol. The lowest BCUT2D eigenvalue weighted by molar-refractivity contribution is 0.278. The van der Waals surface area contributed by atoms with Gasteiger partial charge in [0.05, 0.1) is 26.9 Å². The second-order valence-electron chi connectivity index (χ2n) is 3.92. The lowest BCUT2D eigenvalue weighted by Crippen LogP contribution is -2.13. The van der Waals surface area contributed by atoms with Gasteiger partial charge in [0.15, 0.2) is 0 Å². The van der Waals surface area contributed by atoms with Crippen molar-refractivity contribution >= 4 is 12.4 Å². The van der Waals surface area contributed by atoms with Crippen molar-refractivity contribution in [1.29, 1.82) is 0 Å². The normalized spacial score (nSPS) is 11.4. The Hall–Kier alpha value is -1.17. The van der Waals surface area contributed by atoms with Crippen LogP contribution in [0.2, 0.25) is 0 Å². The number of aliphatic hydroxyl groups is 1. The smallest absolute Gasteiger partial charge is 0.131 e. The Bertz CT molecular complexity index is 362. The minimum atomic E-state index is -0.243. The summed E-state index contributed by atoms with van der Waals surface area (Å²) in [5.41, 5.74) is 6.91. The molecule has 1 atom stereocenters. The average Bonchev–Trinajstić information content (AvgIpc) is 2.42. The fourth-order valence-corrected chi connectivity index (χ4v) is 1.85. The maximum absolute atomic E-state index is 8.86. The highest BCUT2D eigenvalue weighted by Crippen LogP contribution is 2.38. The SMILES string of the molecule is COc1cc(OC)c([C@H](N)CCCO)c(OC)c1.Cl. The lowest BCUT2D eigenvalue weighted by atomic mass is 10.0. The minimum Gasteiger partial charge on any atom is -0.496 e. The molecule has 110 valence electrons. The molecule has 0 fully saturated rings. The highest BCUT2D eigenvalue weighted by atomic mass is 35.5. The van der Waals surface area contributed by atoms with Crippen LogP contribution in [0.5, 0.6) is 17.2 Å². The summed E-state index contributed by atoms with van der Waals surface area (Å²) in [6.07, 6.45) is 1.30. The summed E-state index contributed by atoms with van der Waals surface area (Å²) in [5, 5.41) is 8.86. The molecule has 0 spiro atoms. The number of aliphatic hydroxyl groups excluding tert-OH is 1. The molecule has 5 nitrogen and oxygen atoms in total. The number of methoxy groups -OCH3 is 3. The molecular weight excluding hydrogens is 270 g/mol. The van der Waals surface area contributed by atoms with E-state index >= 15 is 0 Å². The Morgan fingerprint density at radius 2 is 1.63 bits per heavy atom. The van der Waals surface area contributed by atoms with Crippen molar-refractivity contribution in [1.82, 2.24) is 0 Å². The van der Waals surface area contributed by atoms with Crippen molar-refractivity contribution in [2.75, 3.05) is 27.9 Å². The third-order valence-electron chi connectivity index (χ3n) is 2.80.